The van der Waals surface area contributed by atoms with E-state index in [-0.39, 0.29) is 5.92 Å². The first-order chi connectivity index (χ1) is 8.49. The molecule has 0 saturated heterocycles. The molecule has 2 rings (SSSR count). The van der Waals surface area contributed by atoms with Gasteiger partial charge >= 0.3 is 0 Å². The largest absolute Gasteiger partial charge is 0.299 e. The summed E-state index contributed by atoms with van der Waals surface area (Å²) in [5, 5.41) is 4.90. The molecule has 0 N–H and O–H groups in total. The van der Waals surface area contributed by atoms with Gasteiger partial charge in [0.15, 0.2) is 0 Å². The molecule has 1 aromatic heterocycles. The van der Waals surface area contributed by atoms with E-state index in [1.165, 1.54) is 12.8 Å². The fourth-order valence-electron chi connectivity index (χ4n) is 2.91. The van der Waals surface area contributed by atoms with Gasteiger partial charge in [0, 0.05) is 13.0 Å². The van der Waals surface area contributed by atoms with E-state index in [0.717, 1.165) is 24.2 Å². The van der Waals surface area contributed by atoms with Gasteiger partial charge in [-0.2, -0.15) is 5.10 Å². The van der Waals surface area contributed by atoms with Crippen LogP contribution >= 0.6 is 11.6 Å². The number of carbonyl (C=O) groups excluding carboxylic acids is 1. The van der Waals surface area contributed by atoms with Crippen LogP contribution < -0.4 is 0 Å². The van der Waals surface area contributed by atoms with Crippen molar-refractivity contribution in [1.82, 2.24) is 9.78 Å². The first kappa shape index (κ1) is 13.6. The number of rotatable bonds is 3. The van der Waals surface area contributed by atoms with Crippen molar-refractivity contribution < 1.29 is 4.79 Å². The van der Waals surface area contributed by atoms with Gasteiger partial charge in [0.2, 0.25) is 0 Å². The van der Waals surface area contributed by atoms with Gasteiger partial charge in [-0.1, -0.05) is 31.4 Å². The summed E-state index contributed by atoms with van der Waals surface area (Å²) in [6, 6.07) is 0. The van der Waals surface area contributed by atoms with E-state index in [2.05, 4.69) is 12.0 Å². The SMILES string of the molecule is Cc1nn(C)c(CC(=O)C2CCCC(C)C2)c1Cl. The molecule has 0 aliphatic heterocycles. The molecule has 0 spiro atoms. The average molecular weight is 269 g/mol. The van der Waals surface area contributed by atoms with Gasteiger partial charge in [-0.05, 0) is 25.7 Å². The topological polar surface area (TPSA) is 34.9 Å². The number of hydrogen-bond acceptors (Lipinski definition) is 2. The van der Waals surface area contributed by atoms with E-state index in [4.69, 9.17) is 11.6 Å². The van der Waals surface area contributed by atoms with Gasteiger partial charge < -0.3 is 0 Å². The van der Waals surface area contributed by atoms with Crippen molar-refractivity contribution in [2.24, 2.45) is 18.9 Å². The average Bonchev–Trinajstić information content (AvgIpc) is 2.56. The van der Waals surface area contributed by atoms with Crippen LogP contribution in [0.3, 0.4) is 0 Å². The van der Waals surface area contributed by atoms with E-state index < -0.39 is 0 Å². The zero-order chi connectivity index (χ0) is 13.3. The minimum atomic E-state index is 0.222. The zero-order valence-corrected chi connectivity index (χ0v) is 12.1. The zero-order valence-electron chi connectivity index (χ0n) is 11.4. The second kappa shape index (κ2) is 5.43. The molecule has 1 heterocycles. The van der Waals surface area contributed by atoms with E-state index in [0.29, 0.717) is 23.1 Å². The van der Waals surface area contributed by atoms with Crippen molar-refractivity contribution in [3.8, 4) is 0 Å². The van der Waals surface area contributed by atoms with Crippen LogP contribution in [0.5, 0.6) is 0 Å². The Bertz CT molecular complexity index is 453. The second-order valence-corrected chi connectivity index (χ2v) is 5.96. The first-order valence-corrected chi connectivity index (χ1v) is 7.07. The molecule has 1 aromatic rings. The lowest BCUT2D eigenvalue weighted by Gasteiger charge is -2.25. The summed E-state index contributed by atoms with van der Waals surface area (Å²) in [5.74, 6) is 1.22. The molecule has 18 heavy (non-hydrogen) atoms. The Morgan fingerprint density at radius 3 is 2.78 bits per heavy atom. The van der Waals surface area contributed by atoms with E-state index in [1.54, 1.807) is 4.68 Å². The Hall–Kier alpha value is -0.830. The number of nitrogens with zero attached hydrogens (tertiary/aromatic N) is 2. The predicted molar refractivity (Wildman–Crippen MR) is 72.8 cm³/mol. The Morgan fingerprint density at radius 1 is 1.50 bits per heavy atom. The highest BCUT2D eigenvalue weighted by Gasteiger charge is 2.26. The molecule has 0 bridgehead atoms. The van der Waals surface area contributed by atoms with Crippen LogP contribution in [0.2, 0.25) is 5.02 Å². The second-order valence-electron chi connectivity index (χ2n) is 5.58. The fourth-order valence-corrected chi connectivity index (χ4v) is 3.13. The summed E-state index contributed by atoms with van der Waals surface area (Å²) in [7, 11) is 1.85. The van der Waals surface area contributed by atoms with Crippen LogP contribution in [0.1, 0.15) is 44.0 Å². The molecule has 0 radical (unpaired) electrons. The summed E-state index contributed by atoms with van der Waals surface area (Å²) in [6.07, 6.45) is 4.93. The molecule has 1 aliphatic carbocycles. The van der Waals surface area contributed by atoms with Gasteiger partial charge in [-0.15, -0.1) is 0 Å². The molecular formula is C14H21ClN2O. The third-order valence-electron chi connectivity index (χ3n) is 4.00. The molecule has 0 amide bonds. The van der Waals surface area contributed by atoms with Gasteiger partial charge in [0.1, 0.15) is 5.78 Å². The molecule has 4 heteroatoms. The Balaban J connectivity index is 2.06. The van der Waals surface area contributed by atoms with Crippen LogP contribution in [0, 0.1) is 18.8 Å². The predicted octanol–water partition coefficient (Wildman–Crippen LogP) is 3.32. The van der Waals surface area contributed by atoms with Crippen LogP contribution in [-0.4, -0.2) is 15.6 Å². The highest BCUT2D eigenvalue weighted by Crippen LogP contribution is 2.30. The molecule has 1 aliphatic rings. The van der Waals surface area contributed by atoms with Crippen LogP contribution in [0.15, 0.2) is 0 Å². The normalized spacial score (nSPS) is 24.2. The maximum Gasteiger partial charge on any atom is 0.141 e. The minimum Gasteiger partial charge on any atom is -0.299 e. The van der Waals surface area contributed by atoms with Gasteiger partial charge in [-0.3, -0.25) is 9.48 Å². The molecular weight excluding hydrogens is 248 g/mol. The fraction of sp³-hybridized carbons (Fsp3) is 0.714. The van der Waals surface area contributed by atoms with Crippen LogP contribution in [0.25, 0.3) is 0 Å². The molecule has 3 nitrogen and oxygen atoms in total. The minimum absolute atomic E-state index is 0.222. The monoisotopic (exact) mass is 268 g/mol. The number of Topliss-reactive ketones (excluding diaryl/α,β-unsaturated/α-hetero) is 1. The summed E-state index contributed by atoms with van der Waals surface area (Å²) >= 11 is 6.19. The third kappa shape index (κ3) is 2.77. The number of carbonyl (C=O) groups is 1. The first-order valence-electron chi connectivity index (χ1n) is 6.69. The number of halogens is 1. The molecule has 2 unspecified atom stereocenters. The number of hydrogen-bond donors (Lipinski definition) is 0. The lowest BCUT2D eigenvalue weighted by Crippen LogP contribution is -2.24. The summed E-state index contributed by atoms with van der Waals surface area (Å²) in [4.78, 5) is 12.3. The maximum atomic E-state index is 12.3. The van der Waals surface area contributed by atoms with E-state index in [1.807, 2.05) is 14.0 Å². The van der Waals surface area contributed by atoms with E-state index >= 15 is 0 Å². The summed E-state index contributed by atoms with van der Waals surface area (Å²) < 4.78 is 1.74. The lowest BCUT2D eigenvalue weighted by atomic mass is 9.79. The lowest BCUT2D eigenvalue weighted by molar-refractivity contribution is -0.123. The van der Waals surface area contributed by atoms with Crippen molar-refractivity contribution in [1.29, 1.82) is 0 Å². The van der Waals surface area contributed by atoms with Crippen molar-refractivity contribution >= 4 is 17.4 Å². The Labute approximate surface area is 114 Å². The van der Waals surface area contributed by atoms with Crippen molar-refractivity contribution in [3.63, 3.8) is 0 Å². The van der Waals surface area contributed by atoms with Crippen LogP contribution in [0.4, 0.5) is 0 Å². The Kier molecular flexibility index (Phi) is 4.10. The summed E-state index contributed by atoms with van der Waals surface area (Å²) in [5.41, 5.74) is 1.66. The standard InChI is InChI=1S/C14H21ClN2O/c1-9-5-4-6-11(7-9)13(18)8-12-14(15)10(2)16-17(12)3/h9,11H,4-8H2,1-3H3. The number of ketones is 1. The molecule has 2 atom stereocenters. The molecule has 1 saturated carbocycles. The maximum absolute atomic E-state index is 12.3. The van der Waals surface area contributed by atoms with Crippen LogP contribution in [-0.2, 0) is 18.3 Å². The molecule has 100 valence electrons. The number of aryl methyl sites for hydroxylation is 2. The smallest absolute Gasteiger partial charge is 0.141 e. The Morgan fingerprint density at radius 2 is 2.22 bits per heavy atom. The van der Waals surface area contributed by atoms with Gasteiger partial charge in [0.25, 0.3) is 0 Å². The van der Waals surface area contributed by atoms with Gasteiger partial charge in [-0.25, -0.2) is 0 Å². The molecule has 0 aromatic carbocycles. The summed E-state index contributed by atoms with van der Waals surface area (Å²) in [6.45, 7) is 4.11. The highest BCUT2D eigenvalue weighted by molar-refractivity contribution is 6.32. The number of aromatic nitrogens is 2. The quantitative estimate of drug-likeness (QED) is 0.843. The van der Waals surface area contributed by atoms with Gasteiger partial charge in [0.05, 0.1) is 22.8 Å². The third-order valence-corrected chi connectivity index (χ3v) is 4.49. The van der Waals surface area contributed by atoms with E-state index in [9.17, 15) is 4.79 Å². The van der Waals surface area contributed by atoms with Crippen molar-refractivity contribution in [2.45, 2.75) is 46.0 Å². The van der Waals surface area contributed by atoms with Crippen molar-refractivity contribution in [2.75, 3.05) is 0 Å². The van der Waals surface area contributed by atoms with Crippen molar-refractivity contribution in [3.05, 3.63) is 16.4 Å². The molecule has 1 fully saturated rings. The highest BCUT2D eigenvalue weighted by atomic mass is 35.5.